The molecule has 1 N–H and O–H groups in total. The zero-order valence-corrected chi connectivity index (χ0v) is 18.5. The second-order valence-electron chi connectivity index (χ2n) is 8.25. The SMILES string of the molecule is COCCn1nnnc1[C@H](c1cc2ccc(C)c(C)c2[nH]c1=O)N1CCc2ccccc21. The molecule has 0 fully saturated rings. The summed E-state index contributed by atoms with van der Waals surface area (Å²) in [6, 6.07) is 14.0. The van der Waals surface area contributed by atoms with Crippen molar-refractivity contribution in [1.29, 1.82) is 0 Å². The predicted octanol–water partition coefficient (Wildman–Crippen LogP) is 2.93. The number of anilines is 1. The molecular formula is C24H26N6O2. The molecule has 8 nitrogen and oxygen atoms in total. The fourth-order valence-corrected chi connectivity index (χ4v) is 4.57. The van der Waals surface area contributed by atoms with Gasteiger partial charge in [-0.3, -0.25) is 4.79 Å². The minimum absolute atomic E-state index is 0.123. The molecule has 4 aromatic rings. The number of ether oxygens (including phenoxy) is 1. The summed E-state index contributed by atoms with van der Waals surface area (Å²) >= 11 is 0. The third-order valence-electron chi connectivity index (χ3n) is 6.42. The molecule has 0 saturated heterocycles. The molecule has 3 heterocycles. The van der Waals surface area contributed by atoms with Crippen molar-refractivity contribution >= 4 is 16.6 Å². The first kappa shape index (κ1) is 20.4. The second-order valence-corrected chi connectivity index (χ2v) is 8.25. The number of hydrogen-bond donors (Lipinski definition) is 1. The topological polar surface area (TPSA) is 88.9 Å². The molecule has 32 heavy (non-hydrogen) atoms. The van der Waals surface area contributed by atoms with Crippen LogP contribution in [0.3, 0.4) is 0 Å². The zero-order chi connectivity index (χ0) is 22.2. The lowest BCUT2D eigenvalue weighted by Crippen LogP contribution is -2.34. The molecule has 5 rings (SSSR count). The summed E-state index contributed by atoms with van der Waals surface area (Å²) in [5.74, 6) is 0.632. The van der Waals surface area contributed by atoms with Crippen molar-refractivity contribution in [3.05, 3.63) is 80.9 Å². The molecule has 1 aliphatic heterocycles. The molecule has 0 radical (unpaired) electrons. The van der Waals surface area contributed by atoms with Crippen molar-refractivity contribution in [2.75, 3.05) is 25.2 Å². The molecule has 0 saturated carbocycles. The number of methoxy groups -OCH3 is 1. The van der Waals surface area contributed by atoms with Crippen LogP contribution in [0.4, 0.5) is 5.69 Å². The molecular weight excluding hydrogens is 404 g/mol. The van der Waals surface area contributed by atoms with Crippen LogP contribution >= 0.6 is 0 Å². The molecule has 0 unspecified atom stereocenters. The molecule has 0 aliphatic carbocycles. The van der Waals surface area contributed by atoms with Crippen LogP contribution in [0.2, 0.25) is 0 Å². The Balaban J connectivity index is 1.71. The first-order chi connectivity index (χ1) is 15.6. The van der Waals surface area contributed by atoms with Gasteiger partial charge in [-0.15, -0.1) is 5.10 Å². The van der Waals surface area contributed by atoms with E-state index in [1.54, 1.807) is 11.8 Å². The molecule has 1 aliphatic rings. The highest BCUT2D eigenvalue weighted by Crippen LogP contribution is 2.37. The number of H-pyrrole nitrogens is 1. The fourth-order valence-electron chi connectivity index (χ4n) is 4.57. The third kappa shape index (κ3) is 3.36. The van der Waals surface area contributed by atoms with Gasteiger partial charge in [0.2, 0.25) is 0 Å². The summed E-state index contributed by atoms with van der Waals surface area (Å²) in [6.45, 7) is 5.86. The van der Waals surface area contributed by atoms with Gasteiger partial charge in [-0.1, -0.05) is 30.3 Å². The van der Waals surface area contributed by atoms with Gasteiger partial charge in [0.05, 0.1) is 18.7 Å². The van der Waals surface area contributed by atoms with Gasteiger partial charge >= 0.3 is 0 Å². The second kappa shape index (κ2) is 8.20. The van der Waals surface area contributed by atoms with Gasteiger partial charge in [0.25, 0.3) is 5.56 Å². The lowest BCUT2D eigenvalue weighted by Gasteiger charge is -2.29. The zero-order valence-electron chi connectivity index (χ0n) is 18.5. The van der Waals surface area contributed by atoms with Gasteiger partial charge < -0.3 is 14.6 Å². The minimum atomic E-state index is -0.416. The molecule has 2 aromatic carbocycles. The van der Waals surface area contributed by atoms with Crippen molar-refractivity contribution < 1.29 is 4.74 Å². The maximum Gasteiger partial charge on any atom is 0.254 e. The number of nitrogens with zero attached hydrogens (tertiary/aromatic N) is 5. The number of nitrogens with one attached hydrogen (secondary N) is 1. The number of para-hydroxylation sites is 1. The summed E-state index contributed by atoms with van der Waals surface area (Å²) in [5, 5.41) is 13.5. The molecule has 164 valence electrons. The van der Waals surface area contributed by atoms with Crippen molar-refractivity contribution in [3.63, 3.8) is 0 Å². The smallest absolute Gasteiger partial charge is 0.254 e. The number of aryl methyl sites for hydroxylation is 2. The normalized spacial score (nSPS) is 14.2. The first-order valence-corrected chi connectivity index (χ1v) is 10.8. The van der Waals surface area contributed by atoms with Crippen LogP contribution in [0.15, 0.2) is 47.3 Å². The number of fused-ring (bicyclic) bond motifs is 2. The molecule has 8 heteroatoms. The van der Waals surface area contributed by atoms with E-state index in [-0.39, 0.29) is 5.56 Å². The van der Waals surface area contributed by atoms with Crippen LogP contribution in [-0.4, -0.2) is 45.5 Å². The number of benzene rings is 2. The standard InChI is InChI=1S/C24H26N6O2/c1-15-8-9-18-14-19(24(31)25-21(18)16(15)2)22(23-26-27-28-30(23)12-13-32-3)29-11-10-17-6-4-5-7-20(17)29/h4-9,14,22H,10-13H2,1-3H3,(H,25,31)/t22-/m0/s1. The average Bonchev–Trinajstić information content (AvgIpc) is 3.44. The van der Waals surface area contributed by atoms with Crippen LogP contribution in [0, 0.1) is 13.8 Å². The van der Waals surface area contributed by atoms with Crippen LogP contribution in [0.1, 0.15) is 34.1 Å². The Kier molecular flexibility index (Phi) is 5.22. The number of rotatable bonds is 6. The lowest BCUT2D eigenvalue weighted by atomic mass is 10.00. The molecule has 0 spiro atoms. The van der Waals surface area contributed by atoms with Crippen molar-refractivity contribution in [3.8, 4) is 0 Å². The maximum absolute atomic E-state index is 13.4. The van der Waals surface area contributed by atoms with E-state index < -0.39 is 6.04 Å². The number of aromatic nitrogens is 5. The highest BCUT2D eigenvalue weighted by molar-refractivity contribution is 5.83. The highest BCUT2D eigenvalue weighted by atomic mass is 16.5. The van der Waals surface area contributed by atoms with Gasteiger partial charge in [-0.05, 0) is 64.9 Å². The summed E-state index contributed by atoms with van der Waals surface area (Å²) in [4.78, 5) is 18.8. The fraction of sp³-hybridized carbons (Fsp3) is 0.333. The average molecular weight is 431 g/mol. The summed E-state index contributed by atoms with van der Waals surface area (Å²) in [7, 11) is 1.65. The Bertz CT molecular complexity index is 1340. The molecule has 1 atom stereocenters. The Labute approximate surface area is 185 Å². The largest absolute Gasteiger partial charge is 0.383 e. The number of pyridine rings is 1. The van der Waals surface area contributed by atoms with Crippen LogP contribution < -0.4 is 10.5 Å². The summed E-state index contributed by atoms with van der Waals surface area (Å²) in [5.41, 5.74) is 5.98. The number of tetrazole rings is 1. The van der Waals surface area contributed by atoms with Crippen molar-refractivity contribution in [1.82, 2.24) is 25.2 Å². The summed E-state index contributed by atoms with van der Waals surface area (Å²) in [6.07, 6.45) is 0.913. The van der Waals surface area contributed by atoms with E-state index in [4.69, 9.17) is 4.74 Å². The van der Waals surface area contributed by atoms with Gasteiger partial charge in [0.15, 0.2) is 5.82 Å². The molecule has 0 bridgehead atoms. The van der Waals surface area contributed by atoms with Crippen LogP contribution in [-0.2, 0) is 17.7 Å². The summed E-state index contributed by atoms with van der Waals surface area (Å²) < 4.78 is 6.98. The van der Waals surface area contributed by atoms with Crippen LogP contribution in [0.25, 0.3) is 10.9 Å². The molecule has 0 amide bonds. The number of aromatic amines is 1. The number of hydrogen-bond acceptors (Lipinski definition) is 6. The Morgan fingerprint density at radius 3 is 2.88 bits per heavy atom. The van der Waals surface area contributed by atoms with E-state index in [1.807, 2.05) is 25.1 Å². The van der Waals surface area contributed by atoms with Crippen molar-refractivity contribution in [2.24, 2.45) is 0 Å². The maximum atomic E-state index is 13.4. The lowest BCUT2D eigenvalue weighted by molar-refractivity contribution is 0.181. The van der Waals surface area contributed by atoms with E-state index in [0.29, 0.717) is 24.5 Å². The Morgan fingerprint density at radius 2 is 2.03 bits per heavy atom. The van der Waals surface area contributed by atoms with E-state index in [1.165, 1.54) is 5.56 Å². The Morgan fingerprint density at radius 1 is 1.19 bits per heavy atom. The van der Waals surface area contributed by atoms with Gasteiger partial charge in [-0.25, -0.2) is 4.68 Å². The minimum Gasteiger partial charge on any atom is -0.383 e. The van der Waals surface area contributed by atoms with E-state index >= 15 is 0 Å². The predicted molar refractivity (Wildman–Crippen MR) is 123 cm³/mol. The van der Waals surface area contributed by atoms with E-state index in [0.717, 1.165) is 40.7 Å². The third-order valence-corrected chi connectivity index (χ3v) is 6.42. The first-order valence-electron chi connectivity index (χ1n) is 10.8. The van der Waals surface area contributed by atoms with Crippen LogP contribution in [0.5, 0.6) is 0 Å². The van der Waals surface area contributed by atoms with Gasteiger partial charge in [0.1, 0.15) is 6.04 Å². The van der Waals surface area contributed by atoms with Gasteiger partial charge in [0, 0.05) is 24.9 Å². The highest BCUT2D eigenvalue weighted by Gasteiger charge is 2.34. The van der Waals surface area contributed by atoms with Crippen molar-refractivity contribution in [2.45, 2.75) is 32.9 Å². The monoisotopic (exact) mass is 430 g/mol. The van der Waals surface area contributed by atoms with E-state index in [2.05, 4.69) is 56.6 Å². The quantitative estimate of drug-likeness (QED) is 0.506. The van der Waals surface area contributed by atoms with Gasteiger partial charge in [-0.2, -0.15) is 0 Å². The van der Waals surface area contributed by atoms with E-state index in [9.17, 15) is 4.79 Å². The Hall–Kier alpha value is -3.52. The molecule has 2 aromatic heterocycles.